The van der Waals surface area contributed by atoms with E-state index in [-0.39, 0.29) is 50.7 Å². The molecule has 4 rings (SSSR count). The molecule has 2 aliphatic heterocycles. The zero-order valence-electron chi connectivity index (χ0n) is 23.0. The van der Waals surface area contributed by atoms with Crippen LogP contribution in [-0.2, 0) is 0 Å². The Hall–Kier alpha value is -4.24. The van der Waals surface area contributed by atoms with E-state index in [0.29, 0.717) is 18.3 Å². The molecule has 2 aliphatic rings. The largest absolute Gasteiger partial charge is 0.573 e. The van der Waals surface area contributed by atoms with E-state index in [2.05, 4.69) is 19.4 Å². The maximum absolute atomic E-state index is 14.0. The maximum Gasteiger partial charge on any atom is 0.573 e. The van der Waals surface area contributed by atoms with Gasteiger partial charge in [0.25, 0.3) is 5.91 Å². The third-order valence-electron chi connectivity index (χ3n) is 6.90. The van der Waals surface area contributed by atoms with Gasteiger partial charge in [0.15, 0.2) is 11.6 Å². The number of rotatable bonds is 6. The summed E-state index contributed by atoms with van der Waals surface area (Å²) in [7, 11) is 0. The molecule has 0 radical (unpaired) electrons. The van der Waals surface area contributed by atoms with Crippen LogP contribution in [0.15, 0.2) is 18.3 Å². The first-order chi connectivity index (χ1) is 20.8. The minimum atomic E-state index is -5.37. The molecule has 9 nitrogen and oxygen atoms in total. The Labute approximate surface area is 248 Å². The van der Waals surface area contributed by atoms with Gasteiger partial charge in [0.05, 0.1) is 17.3 Å². The van der Waals surface area contributed by atoms with Gasteiger partial charge in [-0.3, -0.25) is 4.79 Å². The summed E-state index contributed by atoms with van der Waals surface area (Å²) in [5, 5.41) is 11.6. The Morgan fingerprint density at radius 2 is 1.40 bits per heavy atom. The zero-order chi connectivity index (χ0) is 33.2. The third kappa shape index (κ3) is 9.14. The van der Waals surface area contributed by atoms with Crippen LogP contribution in [0.5, 0.6) is 11.5 Å². The normalized spacial score (nSPS) is 18.8. The molecule has 0 bridgehead atoms. The second kappa shape index (κ2) is 12.6. The monoisotopic (exact) mass is 658 g/mol. The van der Waals surface area contributed by atoms with Gasteiger partial charge in [0.2, 0.25) is 11.8 Å². The van der Waals surface area contributed by atoms with Crippen molar-refractivity contribution >= 4 is 23.4 Å². The van der Waals surface area contributed by atoms with E-state index >= 15 is 0 Å². The molecule has 0 aliphatic carbocycles. The van der Waals surface area contributed by atoms with Gasteiger partial charge in [-0.05, 0) is 18.9 Å². The predicted molar refractivity (Wildman–Crippen MR) is 137 cm³/mol. The van der Waals surface area contributed by atoms with Crippen LogP contribution in [0.25, 0.3) is 0 Å². The smallest absolute Gasteiger partial charge is 0.404 e. The summed E-state index contributed by atoms with van der Waals surface area (Å²) in [6.07, 6.45) is -12.5. The van der Waals surface area contributed by atoms with Crippen LogP contribution in [0, 0.1) is 11.3 Å². The number of pyridine rings is 2. The standard InChI is InChI=1S/C26H24F10N6O3/c27-23(28)3-1-7-41(9-5-23)20-15(13-37)11-18(45-26(34,35)36)19(39-20)40-22(43)17-12-16(44-25(31,32)33)14-38-21(17)42-8-2-4-24(29,30)6-10-42/h11-12,14H,1-10H2,(H,39,40,43). The van der Waals surface area contributed by atoms with Crippen molar-refractivity contribution in [1.82, 2.24) is 9.97 Å². The van der Waals surface area contributed by atoms with Gasteiger partial charge in [0.1, 0.15) is 23.5 Å². The quantitative estimate of drug-likeness (QED) is 0.345. The molecule has 0 atom stereocenters. The number of carbonyl (C=O) groups excluding carboxylic acids is 1. The van der Waals surface area contributed by atoms with E-state index in [9.17, 15) is 54.0 Å². The number of hydrogen-bond donors (Lipinski definition) is 1. The van der Waals surface area contributed by atoms with Crippen LogP contribution in [0.1, 0.15) is 54.4 Å². The number of alkyl halides is 10. The van der Waals surface area contributed by atoms with Gasteiger partial charge in [-0.15, -0.1) is 26.3 Å². The van der Waals surface area contributed by atoms with Crippen molar-refractivity contribution in [2.24, 2.45) is 0 Å². The summed E-state index contributed by atoms with van der Waals surface area (Å²) in [6.45, 7) is -0.897. The molecule has 1 amide bonds. The van der Waals surface area contributed by atoms with E-state index < -0.39 is 84.6 Å². The molecule has 45 heavy (non-hydrogen) atoms. The van der Waals surface area contributed by atoms with E-state index in [0.717, 1.165) is 0 Å². The molecule has 2 aromatic heterocycles. The number of ether oxygens (including phenoxy) is 2. The van der Waals surface area contributed by atoms with Gasteiger partial charge in [-0.25, -0.2) is 27.5 Å². The molecule has 2 fully saturated rings. The first-order valence-corrected chi connectivity index (χ1v) is 13.4. The van der Waals surface area contributed by atoms with Crippen LogP contribution in [0.2, 0.25) is 0 Å². The van der Waals surface area contributed by atoms with Crippen LogP contribution in [0.3, 0.4) is 0 Å². The summed E-state index contributed by atoms with van der Waals surface area (Å²) in [4.78, 5) is 23.6. The van der Waals surface area contributed by atoms with Crippen molar-refractivity contribution in [1.29, 1.82) is 5.26 Å². The molecule has 19 heteroatoms. The van der Waals surface area contributed by atoms with Gasteiger partial charge in [0, 0.05) is 57.9 Å². The molecule has 2 aromatic rings. The van der Waals surface area contributed by atoms with Crippen molar-refractivity contribution < 1.29 is 58.2 Å². The lowest BCUT2D eigenvalue weighted by atomic mass is 10.1. The molecule has 0 unspecified atom stereocenters. The third-order valence-corrected chi connectivity index (χ3v) is 6.90. The predicted octanol–water partition coefficient (Wildman–Crippen LogP) is 6.65. The Morgan fingerprint density at radius 1 is 0.844 bits per heavy atom. The van der Waals surface area contributed by atoms with E-state index in [1.54, 1.807) is 6.07 Å². The van der Waals surface area contributed by atoms with Crippen molar-refractivity contribution in [3.8, 4) is 17.6 Å². The highest BCUT2D eigenvalue weighted by atomic mass is 19.4. The van der Waals surface area contributed by atoms with Crippen molar-refractivity contribution in [2.75, 3.05) is 41.3 Å². The van der Waals surface area contributed by atoms with Crippen molar-refractivity contribution in [3.63, 3.8) is 0 Å². The molecule has 1 N–H and O–H groups in total. The maximum atomic E-state index is 14.0. The van der Waals surface area contributed by atoms with Gasteiger partial charge in [-0.2, -0.15) is 5.26 Å². The van der Waals surface area contributed by atoms with E-state index in [4.69, 9.17) is 0 Å². The molecule has 4 heterocycles. The molecule has 0 aromatic carbocycles. The minimum Gasteiger partial charge on any atom is -0.404 e. The zero-order valence-corrected chi connectivity index (χ0v) is 23.0. The first-order valence-electron chi connectivity index (χ1n) is 13.4. The number of amides is 1. The Balaban J connectivity index is 1.77. The molecular weight excluding hydrogens is 634 g/mol. The van der Waals surface area contributed by atoms with Crippen LogP contribution < -0.4 is 24.6 Å². The van der Waals surface area contributed by atoms with Gasteiger partial charge in [-0.1, -0.05) is 0 Å². The summed E-state index contributed by atoms with van der Waals surface area (Å²) in [5.74, 6) is -11.4. The summed E-state index contributed by atoms with van der Waals surface area (Å²) in [6, 6.07) is 2.76. The second-order valence-corrected chi connectivity index (χ2v) is 10.3. The average Bonchev–Trinajstić information content (AvgIpc) is 3.21. The van der Waals surface area contributed by atoms with Crippen molar-refractivity contribution in [2.45, 2.75) is 63.1 Å². The molecule has 0 saturated carbocycles. The highest BCUT2D eigenvalue weighted by molar-refractivity contribution is 6.08. The lowest BCUT2D eigenvalue weighted by Gasteiger charge is -2.25. The number of nitrogens with one attached hydrogen (secondary N) is 1. The Bertz CT molecular complexity index is 1440. The van der Waals surface area contributed by atoms with Crippen LogP contribution >= 0.6 is 0 Å². The average molecular weight is 658 g/mol. The summed E-state index contributed by atoms with van der Waals surface area (Å²) < 4.78 is 142. The number of nitriles is 1. The molecule has 2 saturated heterocycles. The summed E-state index contributed by atoms with van der Waals surface area (Å²) in [5.41, 5.74) is -1.21. The lowest BCUT2D eigenvalue weighted by molar-refractivity contribution is -0.275. The molecule has 246 valence electrons. The van der Waals surface area contributed by atoms with Gasteiger partial charge >= 0.3 is 12.7 Å². The van der Waals surface area contributed by atoms with E-state index in [1.807, 2.05) is 5.32 Å². The second-order valence-electron chi connectivity index (χ2n) is 10.3. The van der Waals surface area contributed by atoms with Crippen molar-refractivity contribution in [3.05, 3.63) is 29.5 Å². The summed E-state index contributed by atoms with van der Waals surface area (Å²) >= 11 is 0. The fourth-order valence-electron chi connectivity index (χ4n) is 4.87. The highest BCUT2D eigenvalue weighted by Crippen LogP contribution is 2.38. The fourth-order valence-corrected chi connectivity index (χ4v) is 4.87. The Morgan fingerprint density at radius 3 is 1.93 bits per heavy atom. The van der Waals surface area contributed by atoms with E-state index in [1.165, 1.54) is 9.80 Å². The molecular formula is C26H24F10N6O3. The number of nitrogens with zero attached hydrogens (tertiary/aromatic N) is 5. The SMILES string of the molecule is N#Cc1cc(OC(F)(F)F)c(NC(=O)c2cc(OC(F)(F)F)cnc2N2CCCC(F)(F)CC2)nc1N1CCCC(F)(F)CC1. The molecule has 0 spiro atoms. The number of carbonyl (C=O) groups is 1. The number of halogens is 10. The fraction of sp³-hybridized carbons (Fsp3) is 0.538. The minimum absolute atomic E-state index is 0.0715. The van der Waals surface area contributed by atoms with Gasteiger partial charge < -0.3 is 24.6 Å². The highest BCUT2D eigenvalue weighted by Gasteiger charge is 2.37. The van der Waals surface area contributed by atoms with Crippen LogP contribution in [0.4, 0.5) is 61.4 Å². The number of hydrogen-bond acceptors (Lipinski definition) is 8. The number of anilines is 3. The Kier molecular flexibility index (Phi) is 9.45. The number of aromatic nitrogens is 2. The van der Waals surface area contributed by atoms with Crippen LogP contribution in [-0.4, -0.2) is 66.6 Å². The topological polar surface area (TPSA) is 104 Å². The first kappa shape index (κ1) is 33.6. The lowest BCUT2D eigenvalue weighted by Crippen LogP contribution is -2.30.